The SMILES string of the molecule is C=CCOCCc1ccc(OC(C)CNCC(C)O)cc1. The first-order valence-electron chi connectivity index (χ1n) is 7.45. The monoisotopic (exact) mass is 293 g/mol. The lowest BCUT2D eigenvalue weighted by Crippen LogP contribution is -2.33. The molecular formula is C17H27NO3. The van der Waals surface area contributed by atoms with Crippen molar-refractivity contribution in [3.05, 3.63) is 42.5 Å². The van der Waals surface area contributed by atoms with Crippen LogP contribution in [0.15, 0.2) is 36.9 Å². The van der Waals surface area contributed by atoms with E-state index in [1.807, 2.05) is 19.1 Å². The predicted octanol–water partition coefficient (Wildman–Crippen LogP) is 2.17. The molecule has 0 aliphatic rings. The third kappa shape index (κ3) is 8.50. The molecule has 0 fully saturated rings. The maximum absolute atomic E-state index is 9.17. The summed E-state index contributed by atoms with van der Waals surface area (Å²) >= 11 is 0. The van der Waals surface area contributed by atoms with Gasteiger partial charge in [0.05, 0.1) is 19.3 Å². The molecule has 0 amide bonds. The maximum Gasteiger partial charge on any atom is 0.119 e. The van der Waals surface area contributed by atoms with Gasteiger partial charge in [-0.25, -0.2) is 0 Å². The van der Waals surface area contributed by atoms with Crippen LogP contribution in [0.5, 0.6) is 5.75 Å². The Morgan fingerprint density at radius 2 is 1.95 bits per heavy atom. The zero-order chi connectivity index (χ0) is 15.5. The molecule has 1 aromatic carbocycles. The molecule has 4 nitrogen and oxygen atoms in total. The van der Waals surface area contributed by atoms with E-state index in [4.69, 9.17) is 9.47 Å². The van der Waals surface area contributed by atoms with E-state index in [0.29, 0.717) is 26.3 Å². The molecule has 0 aromatic heterocycles. The van der Waals surface area contributed by atoms with E-state index in [1.54, 1.807) is 13.0 Å². The normalized spacial score (nSPS) is 13.7. The Bertz CT molecular complexity index is 390. The molecule has 0 saturated heterocycles. The van der Waals surface area contributed by atoms with E-state index >= 15 is 0 Å². The fraction of sp³-hybridized carbons (Fsp3) is 0.529. The van der Waals surface area contributed by atoms with Crippen LogP contribution < -0.4 is 10.1 Å². The molecule has 1 rings (SSSR count). The van der Waals surface area contributed by atoms with Crippen LogP contribution in [0.2, 0.25) is 0 Å². The van der Waals surface area contributed by atoms with E-state index in [2.05, 4.69) is 24.0 Å². The minimum atomic E-state index is -0.334. The quantitative estimate of drug-likeness (QED) is 0.485. The Morgan fingerprint density at radius 1 is 1.24 bits per heavy atom. The third-order valence-corrected chi connectivity index (χ3v) is 2.90. The molecule has 1 aromatic rings. The molecule has 0 bridgehead atoms. The summed E-state index contributed by atoms with van der Waals surface area (Å²) in [5, 5.41) is 12.3. The van der Waals surface area contributed by atoms with Gasteiger partial charge in [0.15, 0.2) is 0 Å². The Balaban J connectivity index is 2.28. The highest BCUT2D eigenvalue weighted by Crippen LogP contribution is 2.14. The van der Waals surface area contributed by atoms with Gasteiger partial charge in [-0.1, -0.05) is 18.2 Å². The van der Waals surface area contributed by atoms with Crippen LogP contribution in [-0.2, 0) is 11.2 Å². The van der Waals surface area contributed by atoms with Gasteiger partial charge in [-0.15, -0.1) is 6.58 Å². The number of benzene rings is 1. The van der Waals surface area contributed by atoms with Gasteiger partial charge >= 0.3 is 0 Å². The second kappa shape index (κ2) is 10.4. The van der Waals surface area contributed by atoms with Crippen molar-refractivity contribution in [3.8, 4) is 5.75 Å². The molecule has 21 heavy (non-hydrogen) atoms. The highest BCUT2D eigenvalue weighted by Gasteiger charge is 2.04. The zero-order valence-electron chi connectivity index (χ0n) is 13.0. The Labute approximate surface area is 127 Å². The fourth-order valence-electron chi connectivity index (χ4n) is 1.86. The number of hydrogen-bond acceptors (Lipinski definition) is 4. The van der Waals surface area contributed by atoms with Crippen molar-refractivity contribution < 1.29 is 14.6 Å². The number of hydrogen-bond donors (Lipinski definition) is 2. The minimum absolute atomic E-state index is 0.0607. The molecule has 2 atom stereocenters. The van der Waals surface area contributed by atoms with Crippen LogP contribution >= 0.6 is 0 Å². The van der Waals surface area contributed by atoms with Crippen LogP contribution in [0, 0.1) is 0 Å². The van der Waals surface area contributed by atoms with Crippen LogP contribution in [0.1, 0.15) is 19.4 Å². The minimum Gasteiger partial charge on any atom is -0.489 e. The van der Waals surface area contributed by atoms with Crippen LogP contribution in [-0.4, -0.2) is 43.6 Å². The lowest BCUT2D eigenvalue weighted by molar-refractivity contribution is 0.166. The van der Waals surface area contributed by atoms with Gasteiger partial charge in [-0.3, -0.25) is 0 Å². The topological polar surface area (TPSA) is 50.7 Å². The van der Waals surface area contributed by atoms with Crippen molar-refractivity contribution in [2.45, 2.75) is 32.5 Å². The van der Waals surface area contributed by atoms with Gasteiger partial charge in [-0.05, 0) is 38.0 Å². The van der Waals surface area contributed by atoms with Crippen molar-refractivity contribution in [1.29, 1.82) is 0 Å². The fourth-order valence-corrected chi connectivity index (χ4v) is 1.86. The largest absolute Gasteiger partial charge is 0.489 e. The number of aliphatic hydroxyl groups is 1. The predicted molar refractivity (Wildman–Crippen MR) is 85.8 cm³/mol. The lowest BCUT2D eigenvalue weighted by Gasteiger charge is -2.16. The highest BCUT2D eigenvalue weighted by molar-refractivity contribution is 5.27. The standard InChI is InChI=1S/C17H27NO3/c1-4-10-20-11-9-16-5-7-17(8-6-16)21-15(3)13-18-12-14(2)19/h4-8,14-15,18-19H,1,9-13H2,2-3H3. The first-order valence-corrected chi connectivity index (χ1v) is 7.45. The molecule has 0 radical (unpaired) electrons. The zero-order valence-corrected chi connectivity index (χ0v) is 13.0. The summed E-state index contributed by atoms with van der Waals surface area (Å²) < 4.78 is 11.2. The van der Waals surface area contributed by atoms with Gasteiger partial charge in [0.1, 0.15) is 11.9 Å². The average molecular weight is 293 g/mol. The second-order valence-corrected chi connectivity index (χ2v) is 5.19. The summed E-state index contributed by atoms with van der Waals surface area (Å²) in [5.74, 6) is 0.858. The average Bonchev–Trinajstić information content (AvgIpc) is 2.45. The first kappa shape index (κ1) is 17.7. The molecule has 2 unspecified atom stereocenters. The van der Waals surface area contributed by atoms with Crippen LogP contribution in [0.4, 0.5) is 0 Å². The van der Waals surface area contributed by atoms with Crippen molar-refractivity contribution >= 4 is 0 Å². The molecule has 118 valence electrons. The first-order chi connectivity index (χ1) is 10.1. The molecule has 2 N–H and O–H groups in total. The number of ether oxygens (including phenoxy) is 2. The number of aliphatic hydroxyl groups excluding tert-OH is 1. The molecule has 0 heterocycles. The summed E-state index contributed by atoms with van der Waals surface area (Å²) in [6, 6.07) is 8.08. The van der Waals surface area contributed by atoms with Crippen LogP contribution in [0.3, 0.4) is 0 Å². The lowest BCUT2D eigenvalue weighted by atomic mass is 10.1. The van der Waals surface area contributed by atoms with Gasteiger partial charge in [0.25, 0.3) is 0 Å². The van der Waals surface area contributed by atoms with E-state index in [1.165, 1.54) is 5.56 Å². The third-order valence-electron chi connectivity index (χ3n) is 2.90. The second-order valence-electron chi connectivity index (χ2n) is 5.19. The highest BCUT2D eigenvalue weighted by atomic mass is 16.5. The Kier molecular flexibility index (Phi) is 8.74. The molecular weight excluding hydrogens is 266 g/mol. The maximum atomic E-state index is 9.17. The summed E-state index contributed by atoms with van der Waals surface area (Å²) in [6.45, 7) is 9.97. The molecule has 4 heteroatoms. The van der Waals surface area contributed by atoms with E-state index in [9.17, 15) is 5.11 Å². The van der Waals surface area contributed by atoms with Gasteiger partial charge < -0.3 is 19.9 Å². The number of rotatable bonds is 11. The smallest absolute Gasteiger partial charge is 0.119 e. The summed E-state index contributed by atoms with van der Waals surface area (Å²) in [4.78, 5) is 0. The van der Waals surface area contributed by atoms with Crippen molar-refractivity contribution in [2.24, 2.45) is 0 Å². The summed E-state index contributed by atoms with van der Waals surface area (Å²) in [5.41, 5.74) is 1.23. The van der Waals surface area contributed by atoms with Crippen LogP contribution in [0.25, 0.3) is 0 Å². The van der Waals surface area contributed by atoms with E-state index < -0.39 is 0 Å². The van der Waals surface area contributed by atoms with Gasteiger partial charge in [0, 0.05) is 13.1 Å². The summed E-state index contributed by atoms with van der Waals surface area (Å²) in [7, 11) is 0. The molecule has 0 aliphatic carbocycles. The Hall–Kier alpha value is -1.36. The van der Waals surface area contributed by atoms with Crippen molar-refractivity contribution in [2.75, 3.05) is 26.3 Å². The van der Waals surface area contributed by atoms with Crippen molar-refractivity contribution in [3.63, 3.8) is 0 Å². The molecule has 0 saturated carbocycles. The number of nitrogens with one attached hydrogen (secondary N) is 1. The summed E-state index contributed by atoms with van der Waals surface area (Å²) in [6.07, 6.45) is 2.37. The van der Waals surface area contributed by atoms with E-state index in [0.717, 1.165) is 12.2 Å². The van der Waals surface area contributed by atoms with Crippen molar-refractivity contribution in [1.82, 2.24) is 5.32 Å². The van der Waals surface area contributed by atoms with Gasteiger partial charge in [0.2, 0.25) is 0 Å². The molecule has 0 spiro atoms. The van der Waals surface area contributed by atoms with E-state index in [-0.39, 0.29) is 12.2 Å². The molecule has 0 aliphatic heterocycles. The van der Waals surface area contributed by atoms with Gasteiger partial charge in [-0.2, -0.15) is 0 Å². The Morgan fingerprint density at radius 3 is 2.57 bits per heavy atom.